The molecule has 0 saturated carbocycles. The van der Waals surface area contributed by atoms with E-state index in [9.17, 15) is 0 Å². The third-order valence-corrected chi connectivity index (χ3v) is 21.0. The van der Waals surface area contributed by atoms with Gasteiger partial charge in [-0.1, -0.05) is 254 Å². The smallest absolute Gasteiger partial charge is 0.0342 e. The van der Waals surface area contributed by atoms with Crippen LogP contribution in [0.5, 0.6) is 0 Å². The molecular formula is C71H93BrS2. The Labute approximate surface area is 467 Å². The highest BCUT2D eigenvalue weighted by Gasteiger charge is 2.57. The zero-order valence-corrected chi connectivity index (χ0v) is 50.3. The fraction of sp³-hybridized carbons (Fsp3) is 0.549. The molecule has 2 heterocycles. The largest absolute Gasteiger partial charge is 0.144 e. The van der Waals surface area contributed by atoms with Gasteiger partial charge in [-0.25, -0.2) is 0 Å². The molecule has 396 valence electrons. The highest BCUT2D eigenvalue weighted by Crippen LogP contribution is 2.72. The third-order valence-electron chi connectivity index (χ3n) is 18.7. The van der Waals surface area contributed by atoms with Crippen molar-refractivity contribution in [1.82, 2.24) is 0 Å². The summed E-state index contributed by atoms with van der Waals surface area (Å²) in [7, 11) is 0. The molecule has 0 radical (unpaired) electrons. The third kappa shape index (κ3) is 10.7. The van der Waals surface area contributed by atoms with Crippen LogP contribution in [0.3, 0.4) is 0 Å². The summed E-state index contributed by atoms with van der Waals surface area (Å²) in [5, 5.41) is 4.59. The molecule has 0 unspecified atom stereocenters. The molecule has 0 aliphatic heterocycles. The summed E-state index contributed by atoms with van der Waals surface area (Å²) in [5.74, 6) is 0. The van der Waals surface area contributed by atoms with Gasteiger partial charge in [0.05, 0.1) is 0 Å². The molecule has 0 nitrogen and oxygen atoms in total. The average Bonchev–Trinajstić information content (AvgIpc) is 4.31. The summed E-state index contributed by atoms with van der Waals surface area (Å²) in [6, 6.07) is 33.1. The second-order valence-corrected chi connectivity index (χ2v) is 26.3. The first kappa shape index (κ1) is 55.5. The molecule has 2 aromatic heterocycles. The molecule has 0 N–H and O–H groups in total. The maximum absolute atomic E-state index is 4.20. The van der Waals surface area contributed by atoms with E-state index in [1.54, 1.807) is 66.8 Å². The van der Waals surface area contributed by atoms with Crippen LogP contribution in [0.4, 0.5) is 0 Å². The van der Waals surface area contributed by atoms with Gasteiger partial charge in [0, 0.05) is 30.5 Å². The summed E-state index contributed by atoms with van der Waals surface area (Å²) in [6.07, 6.45) is 38.5. The van der Waals surface area contributed by atoms with Crippen LogP contribution in [0.25, 0.3) is 54.3 Å². The number of benzene rings is 4. The summed E-state index contributed by atoms with van der Waals surface area (Å²) < 4.78 is 1.25. The number of hydrogen-bond donors (Lipinski definition) is 0. The van der Waals surface area contributed by atoms with Gasteiger partial charge in [-0.15, -0.1) is 22.7 Å². The standard InChI is InChI=1S/C71H93BrS2/c1-7-13-19-25-41-69(42-26-20-14-8-2)59-50-53(62-34-32-48-74-62)36-39-56(59)64-66(69)63-55-38-35-52(61-33-31-47-73-61)49-58(55)70(43-27-21-15-9-3,44-28-22-16-10-4)67(63)65-57-40-37-54(72)51-60(57)71(68(64)65,45-29-23-17-11-5)46-30-24-18-12-6/h31-40,47-51H,7-30,41-46H2,1-6H3. The first-order valence-corrected chi connectivity index (χ1v) is 33.4. The molecule has 0 spiro atoms. The zero-order chi connectivity index (χ0) is 51.5. The monoisotopic (exact) mass is 1090 g/mol. The van der Waals surface area contributed by atoms with Gasteiger partial charge in [0.25, 0.3) is 0 Å². The van der Waals surface area contributed by atoms with Crippen LogP contribution >= 0.6 is 38.6 Å². The summed E-state index contributed by atoms with van der Waals surface area (Å²) in [5.41, 5.74) is 22.8. The van der Waals surface area contributed by atoms with Gasteiger partial charge in [-0.2, -0.15) is 0 Å². The van der Waals surface area contributed by atoms with Gasteiger partial charge in [-0.3, -0.25) is 0 Å². The first-order valence-electron chi connectivity index (χ1n) is 30.8. The quantitative estimate of drug-likeness (QED) is 0.0369. The number of hydrogen-bond acceptors (Lipinski definition) is 2. The van der Waals surface area contributed by atoms with Crippen LogP contribution < -0.4 is 0 Å². The van der Waals surface area contributed by atoms with Crippen LogP contribution in [-0.4, -0.2) is 0 Å². The number of unbranched alkanes of at least 4 members (excludes halogenated alkanes) is 18. The van der Waals surface area contributed by atoms with Crippen molar-refractivity contribution >= 4 is 38.6 Å². The topological polar surface area (TPSA) is 0 Å². The number of fused-ring (bicyclic) bond motifs is 12. The van der Waals surface area contributed by atoms with Crippen LogP contribution in [-0.2, 0) is 16.2 Å². The number of thiophene rings is 2. The van der Waals surface area contributed by atoms with E-state index in [0.29, 0.717) is 0 Å². The lowest BCUT2D eigenvalue weighted by molar-refractivity contribution is 0.389. The van der Waals surface area contributed by atoms with E-state index in [4.69, 9.17) is 0 Å². The van der Waals surface area contributed by atoms with E-state index in [1.807, 2.05) is 22.7 Å². The Morgan fingerprint density at radius 1 is 0.338 bits per heavy atom. The zero-order valence-electron chi connectivity index (χ0n) is 47.1. The summed E-state index contributed by atoms with van der Waals surface area (Å²) >= 11 is 8.04. The van der Waals surface area contributed by atoms with E-state index in [-0.39, 0.29) is 16.2 Å². The molecule has 6 aromatic rings. The second-order valence-electron chi connectivity index (χ2n) is 23.5. The van der Waals surface area contributed by atoms with Gasteiger partial charge in [0.2, 0.25) is 0 Å². The van der Waals surface area contributed by atoms with Crippen molar-refractivity contribution in [1.29, 1.82) is 0 Å². The van der Waals surface area contributed by atoms with Gasteiger partial charge in [-0.05, 0) is 164 Å². The Morgan fingerprint density at radius 2 is 0.635 bits per heavy atom. The van der Waals surface area contributed by atoms with Crippen molar-refractivity contribution in [3.63, 3.8) is 0 Å². The van der Waals surface area contributed by atoms with Gasteiger partial charge in [0.15, 0.2) is 0 Å². The minimum absolute atomic E-state index is 0.0632. The van der Waals surface area contributed by atoms with E-state index in [2.05, 4.69) is 147 Å². The van der Waals surface area contributed by atoms with Gasteiger partial charge >= 0.3 is 0 Å². The highest BCUT2D eigenvalue weighted by molar-refractivity contribution is 9.10. The molecule has 3 heteroatoms. The minimum Gasteiger partial charge on any atom is -0.144 e. The fourth-order valence-electron chi connectivity index (χ4n) is 15.1. The van der Waals surface area contributed by atoms with Crippen LogP contribution in [0.2, 0.25) is 0 Å². The van der Waals surface area contributed by atoms with E-state index < -0.39 is 0 Å². The molecule has 0 atom stereocenters. The summed E-state index contributed by atoms with van der Waals surface area (Å²) in [4.78, 5) is 2.82. The molecule has 9 rings (SSSR count). The first-order chi connectivity index (χ1) is 36.4. The Kier molecular flexibility index (Phi) is 19.5. The Morgan fingerprint density at radius 3 is 0.919 bits per heavy atom. The van der Waals surface area contributed by atoms with Crippen molar-refractivity contribution in [2.75, 3.05) is 0 Å². The van der Waals surface area contributed by atoms with Crippen molar-refractivity contribution in [2.24, 2.45) is 0 Å². The molecule has 0 saturated heterocycles. The lowest BCUT2D eigenvalue weighted by atomic mass is 9.63. The molecular weight excluding hydrogens is 997 g/mol. The molecule has 3 aliphatic rings. The molecule has 0 fully saturated rings. The predicted octanol–water partition coefficient (Wildman–Crippen LogP) is 24.5. The van der Waals surface area contributed by atoms with Crippen LogP contribution in [0, 0.1) is 0 Å². The van der Waals surface area contributed by atoms with Crippen LogP contribution in [0.15, 0.2) is 94.1 Å². The molecule has 74 heavy (non-hydrogen) atoms. The van der Waals surface area contributed by atoms with E-state index in [1.165, 1.54) is 218 Å². The second kappa shape index (κ2) is 25.9. The Hall–Kier alpha value is -3.24. The maximum Gasteiger partial charge on any atom is 0.0342 e. The van der Waals surface area contributed by atoms with Crippen molar-refractivity contribution in [2.45, 2.75) is 250 Å². The lowest BCUT2D eigenvalue weighted by Gasteiger charge is -2.40. The molecule has 0 bridgehead atoms. The number of halogens is 1. The maximum atomic E-state index is 4.20. The average molecular weight is 1090 g/mol. The Bertz CT molecular complexity index is 2650. The minimum atomic E-state index is -0.0752. The van der Waals surface area contributed by atoms with Crippen molar-refractivity contribution in [3.8, 4) is 54.3 Å². The lowest BCUT2D eigenvalue weighted by Crippen LogP contribution is -2.31. The molecule has 0 amide bonds. The Balaban J connectivity index is 1.48. The van der Waals surface area contributed by atoms with Gasteiger partial charge in [0.1, 0.15) is 0 Å². The number of rotatable bonds is 32. The SMILES string of the molecule is CCCCCCC1(CCCCCC)c2cc(Br)ccc2-c2c1c1c(c3c2C(CCCCCC)(CCCCCC)c2cc(-c4cccs4)ccc2-3)C(CCCCCC)(CCCCCC)c2cc(-c3cccs3)ccc2-1. The van der Waals surface area contributed by atoms with E-state index >= 15 is 0 Å². The van der Waals surface area contributed by atoms with Gasteiger partial charge < -0.3 is 0 Å². The fourth-order valence-corrected chi connectivity index (χ4v) is 16.9. The van der Waals surface area contributed by atoms with Crippen LogP contribution in [0.1, 0.15) is 268 Å². The van der Waals surface area contributed by atoms with Crippen molar-refractivity contribution in [3.05, 3.63) is 127 Å². The predicted molar refractivity (Wildman–Crippen MR) is 332 cm³/mol. The van der Waals surface area contributed by atoms with Crippen molar-refractivity contribution < 1.29 is 0 Å². The molecule has 4 aromatic carbocycles. The van der Waals surface area contributed by atoms with E-state index in [0.717, 1.165) is 0 Å². The highest BCUT2D eigenvalue weighted by atomic mass is 79.9. The normalized spacial score (nSPS) is 15.0. The molecule has 3 aliphatic carbocycles. The summed E-state index contributed by atoms with van der Waals surface area (Å²) in [6.45, 7) is 14.4.